The molecule has 0 aromatic heterocycles. The van der Waals surface area contributed by atoms with Crippen molar-refractivity contribution in [3.63, 3.8) is 0 Å². The molecule has 0 spiro atoms. The minimum absolute atomic E-state index is 0.471. The van der Waals surface area contributed by atoms with Gasteiger partial charge in [0, 0.05) is 60.0 Å². The van der Waals surface area contributed by atoms with Gasteiger partial charge in [-0.25, -0.2) is 0 Å². The lowest BCUT2D eigenvalue weighted by atomic mass is 9.79. The Labute approximate surface area is 380 Å². The lowest BCUT2D eigenvalue weighted by molar-refractivity contribution is 0.370. The number of likely N-dealkylation sites (N-methyl/N-ethyl adjacent to an activating group) is 1. The molecule has 6 aliphatic carbocycles. The van der Waals surface area contributed by atoms with Crippen molar-refractivity contribution >= 4 is 33.5 Å². The highest BCUT2D eigenvalue weighted by atomic mass is 28.3. The summed E-state index contributed by atoms with van der Waals surface area (Å²) in [7, 11) is 0.787. The average Bonchev–Trinajstić information content (AvgIpc) is 4.08. The fourth-order valence-electron chi connectivity index (χ4n) is 16.1. The van der Waals surface area contributed by atoms with Gasteiger partial charge in [0.05, 0.1) is 7.11 Å². The molecular weight excluding hydrogens is 799 g/mol. The minimum Gasteiger partial charge on any atom is -0.497 e. The molecule has 15 atom stereocenters. The Kier molecular flexibility index (Phi) is 9.18. The molecule has 4 nitrogen and oxygen atoms in total. The largest absolute Gasteiger partial charge is 0.497 e. The zero-order valence-electron chi connectivity index (χ0n) is 39.2. The second kappa shape index (κ2) is 14.4. The summed E-state index contributed by atoms with van der Waals surface area (Å²) in [6, 6.07) is 24.0. The normalized spacial score (nSPS) is 36.8. The van der Waals surface area contributed by atoms with Gasteiger partial charge >= 0.3 is 0 Å². The van der Waals surface area contributed by atoms with Crippen molar-refractivity contribution in [3.05, 3.63) is 155 Å². The molecule has 63 heavy (non-hydrogen) atoms. The number of ether oxygens (including phenoxy) is 1. The number of rotatable bonds is 8. The van der Waals surface area contributed by atoms with Crippen LogP contribution in [0.2, 0.25) is 39.3 Å². The lowest BCUT2D eigenvalue weighted by Gasteiger charge is -2.42. The predicted octanol–water partition coefficient (Wildman–Crippen LogP) is 12.7. The Hall–Kier alpha value is -4.27. The van der Waals surface area contributed by atoms with Crippen LogP contribution < -0.4 is 18.8 Å². The van der Waals surface area contributed by atoms with Gasteiger partial charge in [-0.05, 0) is 131 Å². The van der Waals surface area contributed by atoms with Gasteiger partial charge in [-0.15, -0.1) is 0 Å². The van der Waals surface area contributed by atoms with Gasteiger partial charge < -0.3 is 18.8 Å². The van der Waals surface area contributed by atoms with Crippen LogP contribution in [0.15, 0.2) is 128 Å². The van der Waals surface area contributed by atoms with E-state index >= 15 is 0 Å². The maximum atomic E-state index is 5.77. The van der Waals surface area contributed by atoms with Crippen molar-refractivity contribution in [2.45, 2.75) is 101 Å². The number of allylic oxidation sites excluding steroid dienone is 12. The maximum Gasteiger partial charge on any atom is 0.147 e. The summed E-state index contributed by atoms with van der Waals surface area (Å²) in [4.78, 5) is 2.63. The summed E-state index contributed by atoms with van der Waals surface area (Å²) >= 11 is 0. The first-order valence-electron chi connectivity index (χ1n) is 24.6. The fraction of sp³-hybridized carbons (Fsp3) is 0.474. The highest BCUT2D eigenvalue weighted by molar-refractivity contribution is 6.80. The van der Waals surface area contributed by atoms with E-state index in [1.165, 1.54) is 23.2 Å². The van der Waals surface area contributed by atoms with E-state index in [4.69, 9.17) is 4.74 Å². The summed E-state index contributed by atoms with van der Waals surface area (Å²) < 4.78 is 11.8. The average molecular weight is 868 g/mol. The number of anilines is 3. The first-order valence-corrected chi connectivity index (χ1v) is 31.5. The predicted molar refractivity (Wildman–Crippen MR) is 269 cm³/mol. The number of methoxy groups -OCH3 is 1. The molecule has 0 bridgehead atoms. The van der Waals surface area contributed by atoms with Gasteiger partial charge in [-0.2, -0.15) is 0 Å². The molecule has 3 saturated carbocycles. The van der Waals surface area contributed by atoms with Crippen LogP contribution in [0.3, 0.4) is 0 Å². The van der Waals surface area contributed by atoms with Crippen LogP contribution in [0.4, 0.5) is 17.1 Å². The van der Waals surface area contributed by atoms with Crippen LogP contribution in [-0.2, 0) is 12.8 Å². The van der Waals surface area contributed by atoms with Crippen LogP contribution in [0.5, 0.6) is 5.75 Å². The molecule has 0 saturated heterocycles. The number of hydrogen-bond donors (Lipinski definition) is 0. The van der Waals surface area contributed by atoms with E-state index in [0.29, 0.717) is 89.1 Å². The van der Waals surface area contributed by atoms with Crippen LogP contribution in [0, 0.1) is 53.3 Å². The van der Waals surface area contributed by atoms with E-state index in [2.05, 4.69) is 195 Å². The Morgan fingerprint density at radius 1 is 0.508 bits per heavy atom. The minimum atomic E-state index is -1.76. The van der Waals surface area contributed by atoms with E-state index in [-0.39, 0.29) is 0 Å². The van der Waals surface area contributed by atoms with Crippen molar-refractivity contribution < 1.29 is 4.74 Å². The monoisotopic (exact) mass is 867 g/mol. The Bertz CT molecular complexity index is 2540. The molecule has 326 valence electrons. The summed E-state index contributed by atoms with van der Waals surface area (Å²) in [5.74, 6) is 7.85. The maximum absolute atomic E-state index is 5.77. The van der Waals surface area contributed by atoms with Gasteiger partial charge in [-0.1, -0.05) is 143 Å². The summed E-state index contributed by atoms with van der Waals surface area (Å²) in [6.07, 6.45) is 32.9. The van der Waals surface area contributed by atoms with Gasteiger partial charge in [0.2, 0.25) is 0 Å². The molecular formula is C57H69N3OSi2. The Morgan fingerprint density at radius 2 is 0.984 bits per heavy atom. The van der Waals surface area contributed by atoms with Gasteiger partial charge in [0.1, 0.15) is 22.2 Å². The second-order valence-corrected chi connectivity index (χ2v) is 32.8. The van der Waals surface area contributed by atoms with Crippen molar-refractivity contribution in [1.29, 1.82) is 0 Å². The lowest BCUT2D eigenvalue weighted by Crippen LogP contribution is -2.53. The van der Waals surface area contributed by atoms with Crippen LogP contribution >= 0.6 is 0 Å². The molecule has 0 radical (unpaired) electrons. The highest BCUT2D eigenvalue weighted by Gasteiger charge is 2.60. The summed E-state index contributed by atoms with van der Waals surface area (Å²) in [5, 5.41) is 0. The molecule has 3 fully saturated rings. The third kappa shape index (κ3) is 5.87. The zero-order valence-corrected chi connectivity index (χ0v) is 41.2. The highest BCUT2D eigenvalue weighted by Crippen LogP contribution is 2.63. The SMILES string of the molecule is COc1ccc2c(c1)C1C3C=CC=CC3C(Cc3ccc4c(c3)C3C5C=CC=CC5C(CCc5ccc6c(c5)C5C7C=CC=CC7C(C)C5N6[Si](C)(C)C)C3N4[Si](C)(C)C)C1N2C. The van der Waals surface area contributed by atoms with Gasteiger partial charge in [-0.3, -0.25) is 0 Å². The summed E-state index contributed by atoms with van der Waals surface area (Å²) in [5.41, 5.74) is 12.3. The number of fused-ring (bicyclic) bond motifs is 15. The molecule has 9 aliphatic rings. The molecule has 0 amide bonds. The van der Waals surface area contributed by atoms with Crippen molar-refractivity contribution in [2.24, 2.45) is 53.3 Å². The fourth-order valence-corrected chi connectivity index (χ4v) is 20.5. The molecule has 15 unspecified atom stereocenters. The Balaban J connectivity index is 0.862. The first-order chi connectivity index (χ1) is 30.3. The van der Waals surface area contributed by atoms with E-state index in [9.17, 15) is 0 Å². The molecule has 0 N–H and O–H groups in total. The quantitative estimate of drug-likeness (QED) is 0.210. The number of hydrogen-bond acceptors (Lipinski definition) is 4. The van der Waals surface area contributed by atoms with Crippen molar-refractivity contribution in [1.82, 2.24) is 0 Å². The first kappa shape index (κ1) is 40.3. The van der Waals surface area contributed by atoms with E-state index < -0.39 is 16.5 Å². The van der Waals surface area contributed by atoms with Crippen molar-refractivity contribution in [2.75, 3.05) is 28.2 Å². The van der Waals surface area contributed by atoms with Gasteiger partial charge in [0.15, 0.2) is 0 Å². The smallest absolute Gasteiger partial charge is 0.147 e. The topological polar surface area (TPSA) is 19.0 Å². The third-order valence-electron chi connectivity index (χ3n) is 18.1. The summed E-state index contributed by atoms with van der Waals surface area (Å²) in [6.45, 7) is 18.1. The number of benzene rings is 3. The standard InChI is InChI=1S/C57H69N3OSi2/c1-34-38-16-10-13-19-41(38)52-46-30-35(23-27-50(46)59(55(34)52)62(4,5)6)22-26-44-39-17-11-14-20-42(39)54-47-32-36(24-28-51(47)60(57(44)54)63(7,8)9)31-45-40-18-12-15-21-43(40)53-48-33-37(61-3)25-29-49(48)58(2)56(45)53/h10-21,23-25,27-30,32-34,38-45,52-57H,22,26,31H2,1-9H3. The number of aryl methyl sites for hydroxylation is 1. The molecule has 3 heterocycles. The second-order valence-electron chi connectivity index (χ2n) is 23.2. The zero-order chi connectivity index (χ0) is 43.3. The molecule has 6 heteroatoms. The van der Waals surface area contributed by atoms with E-state index in [0.717, 1.165) is 18.6 Å². The molecule has 3 aromatic carbocycles. The molecule has 3 aromatic rings. The molecule has 3 aliphatic heterocycles. The number of nitrogens with zero attached hydrogens (tertiary/aromatic N) is 3. The van der Waals surface area contributed by atoms with Gasteiger partial charge in [0.25, 0.3) is 0 Å². The Morgan fingerprint density at radius 3 is 1.60 bits per heavy atom. The molecule has 12 rings (SSSR count). The van der Waals surface area contributed by atoms with Crippen molar-refractivity contribution in [3.8, 4) is 5.75 Å². The van der Waals surface area contributed by atoms with E-state index in [1.54, 1.807) is 35.2 Å². The van der Waals surface area contributed by atoms with Crippen LogP contribution in [0.1, 0.15) is 58.9 Å². The third-order valence-corrected chi connectivity index (χ3v) is 22.1. The van der Waals surface area contributed by atoms with Crippen LogP contribution in [-0.4, -0.2) is 48.8 Å². The van der Waals surface area contributed by atoms with Crippen LogP contribution in [0.25, 0.3) is 0 Å². The van der Waals surface area contributed by atoms with E-state index in [1.807, 2.05) is 0 Å².